The van der Waals surface area contributed by atoms with E-state index in [4.69, 9.17) is 9.29 Å². The predicted octanol–water partition coefficient (Wildman–Crippen LogP) is 0.847. The van der Waals surface area contributed by atoms with Crippen molar-refractivity contribution in [3.63, 3.8) is 0 Å². The Morgan fingerprint density at radius 2 is 2.10 bits per heavy atom. The summed E-state index contributed by atoms with van der Waals surface area (Å²) >= 11 is 0. The lowest BCUT2D eigenvalue weighted by Crippen LogP contribution is -2.63. The number of fused-ring (bicyclic) bond motifs is 1. The molecular weight excluding hydrogens is 326 g/mol. The number of hydrogen-bond donors (Lipinski definition) is 1. The van der Waals surface area contributed by atoms with Gasteiger partial charge in [0.2, 0.25) is 5.91 Å². The van der Waals surface area contributed by atoms with Crippen molar-refractivity contribution in [1.29, 1.82) is 0 Å². The van der Waals surface area contributed by atoms with E-state index in [1.54, 1.807) is 6.92 Å². The Balaban J connectivity index is 2.22. The molecule has 0 aromatic carbocycles. The normalized spacial score (nSPS) is 27.9. The van der Waals surface area contributed by atoms with Gasteiger partial charge in [0.05, 0.1) is 18.3 Å². The summed E-state index contributed by atoms with van der Waals surface area (Å²) in [5.74, 6) is -2.25. The second kappa shape index (κ2) is 5.24. The maximum atomic E-state index is 12.1. The van der Waals surface area contributed by atoms with Crippen LogP contribution in [0.3, 0.4) is 0 Å². The number of nitrogens with zero attached hydrogens (tertiary/aromatic N) is 1. The molecule has 112 valence electrons. The van der Waals surface area contributed by atoms with Gasteiger partial charge in [-0.2, -0.15) is 8.42 Å². The summed E-state index contributed by atoms with van der Waals surface area (Å²) in [5, 5.41) is 8.74. The van der Waals surface area contributed by atoms with Gasteiger partial charge < -0.3 is 5.11 Å². The van der Waals surface area contributed by atoms with Crippen molar-refractivity contribution in [2.75, 3.05) is 6.26 Å². The number of β-lactam (4-membered cyclic amide) rings is 1. The summed E-state index contributed by atoms with van der Waals surface area (Å²) in [6.07, 6.45) is 0.0974. The van der Waals surface area contributed by atoms with Crippen LogP contribution in [0.2, 0.25) is 0 Å². The van der Waals surface area contributed by atoms with Crippen LogP contribution in [0.1, 0.15) is 13.8 Å². The molecule has 0 aromatic heterocycles. The zero-order chi connectivity index (χ0) is 15.2. The molecule has 1 saturated heterocycles. The van der Waals surface area contributed by atoms with Gasteiger partial charge in [-0.15, -0.1) is 0 Å². The smallest absolute Gasteiger partial charge is 0.353 e. The third kappa shape index (κ3) is 2.69. The van der Waals surface area contributed by atoms with E-state index in [0.29, 0.717) is 4.91 Å². The molecule has 20 heavy (non-hydrogen) atoms. The van der Waals surface area contributed by atoms with Gasteiger partial charge in [0.25, 0.3) is 10.1 Å². The van der Waals surface area contributed by atoms with Crippen molar-refractivity contribution < 1.29 is 27.3 Å². The lowest BCUT2D eigenvalue weighted by Gasteiger charge is -2.50. The average Bonchev–Trinajstić information content (AvgIpc) is 2.26. The fourth-order valence-electron chi connectivity index (χ4n) is 2.18. The van der Waals surface area contributed by atoms with Crippen LogP contribution >= 0.6 is 21.6 Å². The van der Waals surface area contributed by atoms with Gasteiger partial charge in [-0.25, -0.2) is 4.79 Å². The van der Waals surface area contributed by atoms with Crippen LogP contribution in [-0.2, 0) is 23.9 Å². The number of aliphatic carboxylic acids is 1. The Kier molecular flexibility index (Phi) is 4.11. The van der Waals surface area contributed by atoms with Gasteiger partial charge in [0.1, 0.15) is 11.1 Å². The second-order valence-electron chi connectivity index (χ2n) is 4.52. The molecule has 2 rings (SSSR count). The van der Waals surface area contributed by atoms with Crippen LogP contribution in [0.25, 0.3) is 0 Å². The minimum atomic E-state index is -3.66. The molecule has 2 aliphatic heterocycles. The first-order chi connectivity index (χ1) is 9.13. The van der Waals surface area contributed by atoms with Crippen LogP contribution < -0.4 is 0 Å². The van der Waals surface area contributed by atoms with E-state index < -0.39 is 39.4 Å². The summed E-state index contributed by atoms with van der Waals surface area (Å²) in [6, 6.07) is 0. The highest BCUT2D eigenvalue weighted by Crippen LogP contribution is 2.53. The van der Waals surface area contributed by atoms with Gasteiger partial charge in [-0.1, -0.05) is 21.6 Å². The van der Waals surface area contributed by atoms with Crippen molar-refractivity contribution in [3.8, 4) is 0 Å². The Morgan fingerprint density at radius 1 is 1.50 bits per heavy atom. The first-order valence-electron chi connectivity index (χ1n) is 5.62. The van der Waals surface area contributed by atoms with E-state index in [1.165, 1.54) is 33.4 Å². The van der Waals surface area contributed by atoms with E-state index in [2.05, 4.69) is 0 Å². The minimum absolute atomic E-state index is 0.0356. The summed E-state index contributed by atoms with van der Waals surface area (Å²) < 4.78 is 27.1. The van der Waals surface area contributed by atoms with Crippen molar-refractivity contribution in [3.05, 3.63) is 10.6 Å². The number of hydrogen-bond acceptors (Lipinski definition) is 7. The van der Waals surface area contributed by atoms with E-state index in [0.717, 1.165) is 6.26 Å². The lowest BCUT2D eigenvalue weighted by atomic mass is 9.92. The van der Waals surface area contributed by atoms with Crippen LogP contribution in [-0.4, -0.2) is 48.0 Å². The van der Waals surface area contributed by atoms with E-state index >= 15 is 0 Å². The highest BCUT2D eigenvalue weighted by Gasteiger charge is 2.56. The van der Waals surface area contributed by atoms with Gasteiger partial charge >= 0.3 is 5.97 Å². The number of rotatable bonds is 4. The van der Waals surface area contributed by atoms with Crippen LogP contribution in [0.5, 0.6) is 0 Å². The third-order valence-electron chi connectivity index (χ3n) is 2.97. The molecule has 1 amide bonds. The third-order valence-corrected chi connectivity index (χ3v) is 6.49. The molecule has 0 spiro atoms. The fraction of sp³-hybridized carbons (Fsp3) is 0.600. The molecule has 0 aliphatic carbocycles. The zero-order valence-electron chi connectivity index (χ0n) is 10.9. The van der Waals surface area contributed by atoms with E-state index in [9.17, 15) is 18.0 Å². The highest BCUT2D eigenvalue weighted by atomic mass is 33.1. The molecule has 1 N–H and O–H groups in total. The van der Waals surface area contributed by atoms with E-state index in [1.807, 2.05) is 0 Å². The molecule has 0 radical (unpaired) electrons. The molecule has 2 aliphatic rings. The van der Waals surface area contributed by atoms with Gasteiger partial charge in [0, 0.05) is 4.91 Å². The molecule has 1 fully saturated rings. The van der Waals surface area contributed by atoms with Crippen LogP contribution in [0.15, 0.2) is 10.6 Å². The van der Waals surface area contributed by atoms with Gasteiger partial charge in [-0.3, -0.25) is 13.9 Å². The van der Waals surface area contributed by atoms with Crippen molar-refractivity contribution >= 4 is 43.6 Å². The highest BCUT2D eigenvalue weighted by molar-refractivity contribution is 8.78. The quantitative estimate of drug-likeness (QED) is 0.457. The Labute approximate surface area is 124 Å². The predicted molar refractivity (Wildman–Crippen MR) is 75.0 cm³/mol. The largest absolute Gasteiger partial charge is 0.477 e. The number of carboxylic acid groups (broad SMARTS) is 1. The molecule has 0 unspecified atom stereocenters. The number of carbonyl (C=O) groups is 2. The number of carbonyl (C=O) groups excluding carboxylic acids is 1. The molecule has 7 nitrogen and oxygen atoms in total. The zero-order valence-corrected chi connectivity index (χ0v) is 13.3. The maximum absolute atomic E-state index is 12.1. The van der Waals surface area contributed by atoms with Gasteiger partial charge in [0.15, 0.2) is 0 Å². The monoisotopic (exact) mass is 339 g/mol. The summed E-state index contributed by atoms with van der Waals surface area (Å²) in [6.45, 7) is 3.13. The number of carboxylic acids is 1. The van der Waals surface area contributed by atoms with Crippen LogP contribution in [0.4, 0.5) is 0 Å². The molecule has 0 saturated carbocycles. The van der Waals surface area contributed by atoms with Crippen LogP contribution in [0, 0.1) is 5.92 Å². The Hall–Kier alpha value is -0.710. The van der Waals surface area contributed by atoms with E-state index in [-0.39, 0.29) is 5.70 Å². The topological polar surface area (TPSA) is 101 Å². The molecular formula is C10H13NO6S3. The molecule has 2 heterocycles. The minimum Gasteiger partial charge on any atom is -0.477 e. The summed E-state index contributed by atoms with van der Waals surface area (Å²) in [4.78, 5) is 25.1. The first kappa shape index (κ1) is 15.7. The standard InChI is InChI=1S/C10H13NO6S3/c1-4(17-20(3,15)16)6-8(12)11-7(10(13)14)5(2)18-19-9(6)11/h4,6,9H,1-3H3,(H,13,14)/t4-,6+,9-/m1/s1. The second-order valence-corrected chi connectivity index (χ2v) is 8.65. The average molecular weight is 339 g/mol. The molecule has 3 atom stereocenters. The Morgan fingerprint density at radius 3 is 2.60 bits per heavy atom. The van der Waals surface area contributed by atoms with Crippen molar-refractivity contribution in [2.45, 2.75) is 25.3 Å². The molecule has 10 heteroatoms. The molecule has 0 bridgehead atoms. The Bertz CT molecular complexity index is 598. The SMILES string of the molecule is CC1=C(C(=O)O)N2C(=O)[C@H]([C@@H](C)OS(C)(=O)=O)[C@H]2SS1. The maximum Gasteiger partial charge on any atom is 0.353 e. The lowest BCUT2D eigenvalue weighted by molar-refractivity contribution is -0.156. The fourth-order valence-corrected chi connectivity index (χ4v) is 5.69. The number of allylic oxidation sites excluding steroid dienone is 1. The first-order valence-corrected chi connectivity index (χ1v) is 9.65. The molecule has 0 aromatic rings. The number of amides is 1. The van der Waals surface area contributed by atoms with Gasteiger partial charge in [-0.05, 0) is 13.8 Å². The summed E-state index contributed by atoms with van der Waals surface area (Å²) in [5.41, 5.74) is -0.0356. The summed E-state index contributed by atoms with van der Waals surface area (Å²) in [7, 11) is -1.05. The van der Waals surface area contributed by atoms with Crippen molar-refractivity contribution in [2.24, 2.45) is 5.92 Å². The van der Waals surface area contributed by atoms with Crippen molar-refractivity contribution in [1.82, 2.24) is 4.90 Å².